The average molecular weight is 252 g/mol. The molecule has 90 valence electrons. The molecule has 0 aliphatic heterocycles. The molecule has 7 heteroatoms. The van der Waals surface area contributed by atoms with E-state index in [2.05, 4.69) is 15.3 Å². The number of primary sulfonamides is 1. The van der Waals surface area contributed by atoms with Gasteiger partial charge in [-0.3, -0.25) is 0 Å². The summed E-state index contributed by atoms with van der Waals surface area (Å²) in [5.41, 5.74) is 0.464. The highest BCUT2D eigenvalue weighted by atomic mass is 32.2. The molecule has 0 aliphatic carbocycles. The standard InChI is InChI=1S/C10H12N4O2S/c11-17(15,16)9-4-2-1-3-8(9)14-7-10-12-5-6-13-10/h1-6,14H,7H2,(H,12,13)(H2,11,15,16). The minimum absolute atomic E-state index is 0.0755. The van der Waals surface area contributed by atoms with Gasteiger partial charge in [-0.25, -0.2) is 18.5 Å². The van der Waals surface area contributed by atoms with Gasteiger partial charge in [0, 0.05) is 12.4 Å². The van der Waals surface area contributed by atoms with Gasteiger partial charge < -0.3 is 10.3 Å². The lowest BCUT2D eigenvalue weighted by Crippen LogP contribution is -2.15. The smallest absolute Gasteiger partial charge is 0.240 e. The minimum atomic E-state index is -3.72. The van der Waals surface area contributed by atoms with Crippen LogP contribution < -0.4 is 10.5 Å². The number of nitrogens with zero attached hydrogens (tertiary/aromatic N) is 1. The van der Waals surface area contributed by atoms with Gasteiger partial charge in [-0.2, -0.15) is 0 Å². The fraction of sp³-hybridized carbons (Fsp3) is 0.100. The summed E-state index contributed by atoms with van der Waals surface area (Å²) in [6.07, 6.45) is 3.32. The van der Waals surface area contributed by atoms with Crippen molar-refractivity contribution in [1.29, 1.82) is 0 Å². The van der Waals surface area contributed by atoms with Crippen molar-refractivity contribution in [2.24, 2.45) is 5.14 Å². The van der Waals surface area contributed by atoms with Crippen molar-refractivity contribution in [1.82, 2.24) is 9.97 Å². The van der Waals surface area contributed by atoms with Crippen molar-refractivity contribution in [3.05, 3.63) is 42.5 Å². The Bertz CT molecular complexity index is 593. The summed E-state index contributed by atoms with van der Waals surface area (Å²) < 4.78 is 22.7. The second-order valence-corrected chi connectivity index (χ2v) is 4.96. The number of aromatic nitrogens is 2. The zero-order valence-electron chi connectivity index (χ0n) is 8.92. The molecule has 1 heterocycles. The summed E-state index contributed by atoms with van der Waals surface area (Å²) >= 11 is 0. The van der Waals surface area contributed by atoms with Crippen LogP contribution in [0.2, 0.25) is 0 Å². The lowest BCUT2D eigenvalue weighted by Gasteiger charge is -2.08. The normalized spacial score (nSPS) is 11.4. The van der Waals surface area contributed by atoms with Gasteiger partial charge >= 0.3 is 0 Å². The molecule has 0 atom stereocenters. The third-order valence-electron chi connectivity index (χ3n) is 2.19. The maximum absolute atomic E-state index is 11.3. The van der Waals surface area contributed by atoms with Crippen molar-refractivity contribution < 1.29 is 8.42 Å². The third-order valence-corrected chi connectivity index (χ3v) is 3.16. The molecule has 2 aromatic rings. The van der Waals surface area contributed by atoms with Gasteiger partial charge in [-0.1, -0.05) is 12.1 Å². The van der Waals surface area contributed by atoms with Gasteiger partial charge in [-0.05, 0) is 12.1 Å². The quantitative estimate of drug-likeness (QED) is 0.744. The van der Waals surface area contributed by atoms with E-state index < -0.39 is 10.0 Å². The maximum atomic E-state index is 11.3. The second kappa shape index (κ2) is 4.56. The molecule has 6 nitrogen and oxygen atoms in total. The van der Waals surface area contributed by atoms with E-state index in [0.717, 1.165) is 0 Å². The number of imidazole rings is 1. The van der Waals surface area contributed by atoms with Crippen LogP contribution >= 0.6 is 0 Å². The highest BCUT2D eigenvalue weighted by Gasteiger charge is 2.12. The number of anilines is 1. The summed E-state index contributed by atoms with van der Waals surface area (Å²) in [6, 6.07) is 6.47. The Morgan fingerprint density at radius 3 is 2.76 bits per heavy atom. The Morgan fingerprint density at radius 1 is 1.35 bits per heavy atom. The van der Waals surface area contributed by atoms with Crippen molar-refractivity contribution in [3.8, 4) is 0 Å². The minimum Gasteiger partial charge on any atom is -0.377 e. The first-order valence-electron chi connectivity index (χ1n) is 4.91. The van der Waals surface area contributed by atoms with Crippen LogP contribution in [0, 0.1) is 0 Å². The molecule has 17 heavy (non-hydrogen) atoms. The molecule has 0 saturated heterocycles. The van der Waals surface area contributed by atoms with Crippen LogP contribution in [0.4, 0.5) is 5.69 Å². The second-order valence-electron chi connectivity index (χ2n) is 3.43. The van der Waals surface area contributed by atoms with Crippen LogP contribution in [0.1, 0.15) is 5.82 Å². The Hall–Kier alpha value is -1.86. The molecule has 0 fully saturated rings. The van der Waals surface area contributed by atoms with Crippen molar-refractivity contribution in [3.63, 3.8) is 0 Å². The molecule has 0 spiro atoms. The van der Waals surface area contributed by atoms with Gasteiger partial charge in [0.2, 0.25) is 10.0 Å². The van der Waals surface area contributed by atoms with Crippen LogP contribution in [0.3, 0.4) is 0 Å². The monoisotopic (exact) mass is 252 g/mol. The van der Waals surface area contributed by atoms with E-state index >= 15 is 0 Å². The summed E-state index contributed by atoms with van der Waals surface area (Å²) in [7, 11) is -3.72. The number of hydrogen-bond donors (Lipinski definition) is 3. The van der Waals surface area contributed by atoms with E-state index in [1.54, 1.807) is 30.6 Å². The molecule has 0 saturated carbocycles. The lowest BCUT2D eigenvalue weighted by molar-refractivity contribution is 0.598. The third kappa shape index (κ3) is 2.83. The Labute approximate surface area is 98.9 Å². The predicted molar refractivity (Wildman–Crippen MR) is 63.7 cm³/mol. The van der Waals surface area contributed by atoms with Gasteiger partial charge in [0.1, 0.15) is 10.7 Å². The number of nitrogens with two attached hydrogens (primary N) is 1. The number of H-pyrrole nitrogens is 1. The van der Waals surface area contributed by atoms with Gasteiger partial charge in [-0.15, -0.1) is 0 Å². The summed E-state index contributed by atoms with van der Waals surface area (Å²) in [5.74, 6) is 0.717. The molecule has 0 amide bonds. The summed E-state index contributed by atoms with van der Waals surface area (Å²) in [5, 5.41) is 8.08. The SMILES string of the molecule is NS(=O)(=O)c1ccccc1NCc1ncc[nH]1. The largest absolute Gasteiger partial charge is 0.377 e. The molecule has 4 N–H and O–H groups in total. The molecule has 1 aromatic carbocycles. The van der Waals surface area contributed by atoms with E-state index in [9.17, 15) is 8.42 Å². The Balaban J connectivity index is 2.22. The first-order valence-corrected chi connectivity index (χ1v) is 6.46. The molecule has 0 bridgehead atoms. The molecular weight excluding hydrogens is 240 g/mol. The Morgan fingerprint density at radius 2 is 2.12 bits per heavy atom. The zero-order chi connectivity index (χ0) is 12.3. The summed E-state index contributed by atoms with van der Waals surface area (Å²) in [6.45, 7) is 0.402. The fourth-order valence-corrected chi connectivity index (χ4v) is 2.15. The van der Waals surface area contributed by atoms with Crippen LogP contribution in [0.5, 0.6) is 0 Å². The Kier molecular flexibility index (Phi) is 3.12. The summed E-state index contributed by atoms with van der Waals surface area (Å²) in [4.78, 5) is 7.01. The van der Waals surface area contributed by atoms with Crippen LogP contribution in [-0.2, 0) is 16.6 Å². The lowest BCUT2D eigenvalue weighted by atomic mass is 10.3. The van der Waals surface area contributed by atoms with E-state index in [1.807, 2.05) is 0 Å². The van der Waals surface area contributed by atoms with E-state index in [1.165, 1.54) is 6.07 Å². The molecular formula is C10H12N4O2S. The molecule has 0 aliphatic rings. The van der Waals surface area contributed by atoms with E-state index in [4.69, 9.17) is 5.14 Å². The highest BCUT2D eigenvalue weighted by Crippen LogP contribution is 2.19. The molecule has 1 aromatic heterocycles. The predicted octanol–water partition coefficient (Wildman–Crippen LogP) is 0.669. The van der Waals surface area contributed by atoms with E-state index in [0.29, 0.717) is 18.1 Å². The maximum Gasteiger partial charge on any atom is 0.240 e. The van der Waals surface area contributed by atoms with Crippen LogP contribution in [0.25, 0.3) is 0 Å². The number of sulfonamides is 1. The van der Waals surface area contributed by atoms with Gasteiger partial charge in [0.15, 0.2) is 0 Å². The van der Waals surface area contributed by atoms with Crippen molar-refractivity contribution in [2.75, 3.05) is 5.32 Å². The first kappa shape index (κ1) is 11.6. The highest BCUT2D eigenvalue weighted by molar-refractivity contribution is 7.89. The number of para-hydroxylation sites is 1. The zero-order valence-corrected chi connectivity index (χ0v) is 9.74. The van der Waals surface area contributed by atoms with Gasteiger partial charge in [0.25, 0.3) is 0 Å². The average Bonchev–Trinajstić information content (AvgIpc) is 2.78. The van der Waals surface area contributed by atoms with E-state index in [-0.39, 0.29) is 4.90 Å². The number of hydrogen-bond acceptors (Lipinski definition) is 4. The number of aromatic amines is 1. The van der Waals surface area contributed by atoms with Crippen molar-refractivity contribution in [2.45, 2.75) is 11.4 Å². The number of rotatable bonds is 4. The van der Waals surface area contributed by atoms with Crippen molar-refractivity contribution >= 4 is 15.7 Å². The van der Waals surface area contributed by atoms with Crippen LogP contribution in [-0.4, -0.2) is 18.4 Å². The molecule has 0 unspecified atom stereocenters. The first-order chi connectivity index (χ1) is 8.07. The molecule has 0 radical (unpaired) electrons. The fourth-order valence-electron chi connectivity index (χ4n) is 1.43. The van der Waals surface area contributed by atoms with Gasteiger partial charge in [0.05, 0.1) is 12.2 Å². The number of nitrogens with one attached hydrogen (secondary N) is 2. The van der Waals surface area contributed by atoms with Crippen LogP contribution in [0.15, 0.2) is 41.6 Å². The number of benzene rings is 1. The molecule has 2 rings (SSSR count). The topological polar surface area (TPSA) is 101 Å².